The van der Waals surface area contributed by atoms with Crippen LogP contribution in [0.4, 0.5) is 0 Å². The lowest BCUT2D eigenvalue weighted by Crippen LogP contribution is -2.35. The van der Waals surface area contributed by atoms with Crippen LogP contribution in [0.3, 0.4) is 0 Å². The van der Waals surface area contributed by atoms with E-state index in [1.807, 2.05) is 0 Å². The zero-order valence-electron chi connectivity index (χ0n) is 13.3. The molecule has 0 fully saturated rings. The van der Waals surface area contributed by atoms with Crippen molar-refractivity contribution in [3.63, 3.8) is 0 Å². The molecule has 5 nitrogen and oxygen atoms in total. The van der Waals surface area contributed by atoms with Gasteiger partial charge < -0.3 is 5.32 Å². The minimum absolute atomic E-state index is 0.00242. The number of nitrogens with one attached hydrogen (secondary N) is 1. The van der Waals surface area contributed by atoms with E-state index in [-0.39, 0.29) is 16.5 Å². The van der Waals surface area contributed by atoms with Crippen LogP contribution in [0.2, 0.25) is 0 Å². The van der Waals surface area contributed by atoms with Crippen LogP contribution in [0.15, 0.2) is 66.4 Å². The average molecular weight is 343 g/mol. The lowest BCUT2D eigenvalue weighted by Gasteiger charge is -2.20. The molecule has 0 bridgehead atoms. The molecular weight excluding hydrogens is 326 g/mol. The third kappa shape index (κ3) is 2.98. The molecular formula is C18H17NO4S. The molecule has 1 amide bonds. The summed E-state index contributed by atoms with van der Waals surface area (Å²) in [4.78, 5) is 12.5. The minimum Gasteiger partial charge on any atom is -0.322 e. The fourth-order valence-corrected chi connectivity index (χ4v) is 4.30. The Hall–Kier alpha value is -2.44. The highest BCUT2D eigenvalue weighted by Gasteiger charge is 2.45. The zero-order valence-corrected chi connectivity index (χ0v) is 14.1. The van der Waals surface area contributed by atoms with Gasteiger partial charge in [-0.3, -0.25) is 8.98 Å². The molecule has 1 aliphatic rings. The first-order chi connectivity index (χ1) is 11.3. The molecule has 2 aromatic rings. The van der Waals surface area contributed by atoms with E-state index in [1.165, 1.54) is 0 Å². The topological polar surface area (TPSA) is 72.5 Å². The monoisotopic (exact) mass is 343 g/mol. The number of carbonyl (C=O) groups is 1. The SMILES string of the molecule is CC1(C)OS(=O)(=O)C(c2ccccc2)=C1NC(=O)c1ccccc1. The summed E-state index contributed by atoms with van der Waals surface area (Å²) < 4.78 is 30.2. The Morgan fingerprint density at radius 1 is 0.958 bits per heavy atom. The van der Waals surface area contributed by atoms with E-state index in [4.69, 9.17) is 4.18 Å². The van der Waals surface area contributed by atoms with Crippen molar-refractivity contribution < 1.29 is 17.4 Å². The van der Waals surface area contributed by atoms with Crippen LogP contribution in [0, 0.1) is 0 Å². The van der Waals surface area contributed by atoms with Crippen LogP contribution in [-0.4, -0.2) is 19.9 Å². The standard InChI is InChI=1S/C18H17NO4S/c1-18(2)16(19-17(20)14-11-7-4-8-12-14)15(24(21,22)23-18)13-9-5-3-6-10-13/h3-12H,1-2H3,(H,19,20). The molecule has 124 valence electrons. The molecule has 1 aliphatic heterocycles. The second kappa shape index (κ2) is 5.89. The fourth-order valence-electron chi connectivity index (χ4n) is 2.62. The summed E-state index contributed by atoms with van der Waals surface area (Å²) in [6.45, 7) is 3.22. The van der Waals surface area contributed by atoms with Crippen molar-refractivity contribution in [1.29, 1.82) is 0 Å². The van der Waals surface area contributed by atoms with Gasteiger partial charge in [-0.1, -0.05) is 48.5 Å². The second-order valence-electron chi connectivity index (χ2n) is 5.94. The van der Waals surface area contributed by atoms with Crippen molar-refractivity contribution in [1.82, 2.24) is 5.32 Å². The van der Waals surface area contributed by atoms with E-state index in [0.717, 1.165) is 0 Å². The van der Waals surface area contributed by atoms with Crippen molar-refractivity contribution in [2.24, 2.45) is 0 Å². The highest BCUT2D eigenvalue weighted by atomic mass is 32.2. The summed E-state index contributed by atoms with van der Waals surface area (Å²) in [5.74, 6) is -0.382. The fraction of sp³-hybridized carbons (Fsp3) is 0.167. The molecule has 2 aromatic carbocycles. The lowest BCUT2D eigenvalue weighted by molar-refractivity contribution is 0.0934. The third-order valence-electron chi connectivity index (χ3n) is 3.71. The van der Waals surface area contributed by atoms with Crippen LogP contribution >= 0.6 is 0 Å². The number of amides is 1. The van der Waals surface area contributed by atoms with Crippen molar-refractivity contribution in [3.05, 3.63) is 77.5 Å². The zero-order chi connectivity index (χ0) is 17.4. The Balaban J connectivity index is 2.11. The third-order valence-corrected chi connectivity index (χ3v) is 5.28. The molecule has 3 rings (SSSR count). The minimum atomic E-state index is -3.96. The van der Waals surface area contributed by atoms with Gasteiger partial charge in [-0.05, 0) is 31.5 Å². The molecule has 0 saturated heterocycles. The molecule has 0 unspecified atom stereocenters. The van der Waals surface area contributed by atoms with Crippen LogP contribution < -0.4 is 5.32 Å². The Morgan fingerprint density at radius 2 is 1.50 bits per heavy atom. The maximum Gasteiger partial charge on any atom is 0.300 e. The van der Waals surface area contributed by atoms with Crippen LogP contribution in [0.1, 0.15) is 29.8 Å². The normalized spacial score (nSPS) is 18.4. The van der Waals surface area contributed by atoms with Gasteiger partial charge in [0.1, 0.15) is 10.5 Å². The summed E-state index contributed by atoms with van der Waals surface area (Å²) in [5, 5.41) is 2.73. The van der Waals surface area contributed by atoms with E-state index >= 15 is 0 Å². The molecule has 0 saturated carbocycles. The van der Waals surface area contributed by atoms with Crippen LogP contribution in [0.25, 0.3) is 4.91 Å². The number of rotatable bonds is 3. The number of hydrogen-bond donors (Lipinski definition) is 1. The molecule has 0 spiro atoms. The summed E-state index contributed by atoms with van der Waals surface area (Å²) >= 11 is 0. The van der Waals surface area contributed by atoms with Gasteiger partial charge in [-0.2, -0.15) is 8.42 Å². The predicted molar refractivity (Wildman–Crippen MR) is 91.4 cm³/mol. The Kier molecular flexibility index (Phi) is 4.03. The summed E-state index contributed by atoms with van der Waals surface area (Å²) in [7, 11) is -3.96. The lowest BCUT2D eigenvalue weighted by atomic mass is 10.0. The van der Waals surface area contributed by atoms with Gasteiger partial charge in [0.25, 0.3) is 16.0 Å². The van der Waals surface area contributed by atoms with Gasteiger partial charge >= 0.3 is 0 Å². The Morgan fingerprint density at radius 3 is 2.08 bits per heavy atom. The summed E-state index contributed by atoms with van der Waals surface area (Å²) in [5.41, 5.74) is 0.000510. The molecule has 1 heterocycles. The first-order valence-corrected chi connectivity index (χ1v) is 8.84. The van der Waals surface area contributed by atoms with Crippen molar-refractivity contribution >= 4 is 20.9 Å². The van der Waals surface area contributed by atoms with E-state index < -0.39 is 15.7 Å². The predicted octanol–water partition coefficient (Wildman–Crippen LogP) is 2.92. The van der Waals surface area contributed by atoms with Gasteiger partial charge in [-0.25, -0.2) is 0 Å². The van der Waals surface area contributed by atoms with Gasteiger partial charge in [0.2, 0.25) is 0 Å². The van der Waals surface area contributed by atoms with E-state index in [1.54, 1.807) is 74.5 Å². The molecule has 24 heavy (non-hydrogen) atoms. The molecule has 0 radical (unpaired) electrons. The van der Waals surface area contributed by atoms with Crippen LogP contribution in [-0.2, 0) is 14.3 Å². The van der Waals surface area contributed by atoms with Crippen molar-refractivity contribution in [3.8, 4) is 0 Å². The maximum absolute atomic E-state index is 12.5. The smallest absolute Gasteiger partial charge is 0.300 e. The average Bonchev–Trinajstić information content (AvgIpc) is 2.73. The van der Waals surface area contributed by atoms with Gasteiger partial charge in [0, 0.05) is 5.56 Å². The molecule has 0 aromatic heterocycles. The molecule has 0 aliphatic carbocycles. The van der Waals surface area contributed by atoms with E-state index in [2.05, 4.69) is 5.32 Å². The summed E-state index contributed by atoms with van der Waals surface area (Å²) in [6.07, 6.45) is 0. The van der Waals surface area contributed by atoms with Crippen molar-refractivity contribution in [2.45, 2.75) is 19.4 Å². The Bertz CT molecular complexity index is 901. The largest absolute Gasteiger partial charge is 0.322 e. The van der Waals surface area contributed by atoms with Gasteiger partial charge in [0.05, 0.1) is 5.70 Å². The number of hydrogen-bond acceptors (Lipinski definition) is 4. The van der Waals surface area contributed by atoms with Gasteiger partial charge in [0.15, 0.2) is 0 Å². The number of carbonyl (C=O) groups excluding carboxylic acids is 1. The summed E-state index contributed by atoms with van der Waals surface area (Å²) in [6, 6.07) is 17.2. The van der Waals surface area contributed by atoms with E-state index in [9.17, 15) is 13.2 Å². The quantitative estimate of drug-likeness (QED) is 0.870. The molecule has 1 N–H and O–H groups in total. The number of benzene rings is 2. The maximum atomic E-state index is 12.5. The molecule has 6 heteroatoms. The second-order valence-corrected chi connectivity index (χ2v) is 7.42. The van der Waals surface area contributed by atoms with E-state index in [0.29, 0.717) is 11.1 Å². The molecule has 0 atom stereocenters. The van der Waals surface area contributed by atoms with Crippen LogP contribution in [0.5, 0.6) is 0 Å². The first-order valence-electron chi connectivity index (χ1n) is 7.43. The highest BCUT2D eigenvalue weighted by molar-refractivity contribution is 7.96. The van der Waals surface area contributed by atoms with Gasteiger partial charge in [-0.15, -0.1) is 0 Å². The van der Waals surface area contributed by atoms with Crippen molar-refractivity contribution in [2.75, 3.05) is 0 Å². The Labute approximate surface area is 141 Å². The first kappa shape index (κ1) is 16.4. The highest BCUT2D eigenvalue weighted by Crippen LogP contribution is 2.41.